The molecule has 0 aromatic carbocycles. The Kier molecular flexibility index (Phi) is 5.83. The van der Waals surface area contributed by atoms with Crippen molar-refractivity contribution < 1.29 is 9.90 Å². The van der Waals surface area contributed by atoms with Gasteiger partial charge in [0.2, 0.25) is 0 Å². The SMILES string of the molecule is CCC1CCC(=O)C(CN2CCCCC2CCO)C1. The van der Waals surface area contributed by atoms with E-state index in [2.05, 4.69) is 11.8 Å². The normalized spacial score (nSPS) is 33.6. The summed E-state index contributed by atoms with van der Waals surface area (Å²) in [5.41, 5.74) is 0. The van der Waals surface area contributed by atoms with E-state index in [4.69, 9.17) is 0 Å². The quantitative estimate of drug-likeness (QED) is 0.832. The van der Waals surface area contributed by atoms with Gasteiger partial charge in [0.05, 0.1) is 0 Å². The van der Waals surface area contributed by atoms with Crippen LogP contribution in [0.15, 0.2) is 0 Å². The molecular weight excluding hydrogens is 238 g/mol. The minimum absolute atomic E-state index is 0.262. The zero-order chi connectivity index (χ0) is 13.7. The van der Waals surface area contributed by atoms with Gasteiger partial charge in [-0.1, -0.05) is 19.8 Å². The monoisotopic (exact) mass is 267 g/mol. The maximum Gasteiger partial charge on any atom is 0.137 e. The molecule has 2 rings (SSSR count). The van der Waals surface area contributed by atoms with E-state index in [1.165, 1.54) is 25.7 Å². The molecule has 2 fully saturated rings. The third-order valence-electron chi connectivity index (χ3n) is 5.12. The molecule has 1 saturated heterocycles. The molecule has 0 aromatic heterocycles. The lowest BCUT2D eigenvalue weighted by Gasteiger charge is -2.39. The molecule has 3 unspecified atom stereocenters. The molecule has 0 aromatic rings. The van der Waals surface area contributed by atoms with Gasteiger partial charge >= 0.3 is 0 Å². The zero-order valence-corrected chi connectivity index (χ0v) is 12.3. The maximum atomic E-state index is 12.1. The number of nitrogens with zero attached hydrogens (tertiary/aromatic N) is 1. The number of hydrogen-bond donors (Lipinski definition) is 1. The third kappa shape index (κ3) is 4.03. The van der Waals surface area contributed by atoms with Crippen molar-refractivity contribution >= 4 is 5.78 Å². The van der Waals surface area contributed by atoms with Gasteiger partial charge in [-0.25, -0.2) is 0 Å². The Balaban J connectivity index is 1.91. The molecule has 3 atom stereocenters. The number of Topliss-reactive ketones (excluding diaryl/α,β-unsaturated/α-hetero) is 1. The van der Waals surface area contributed by atoms with Crippen molar-refractivity contribution in [2.75, 3.05) is 19.7 Å². The standard InChI is InChI=1S/C16H29NO2/c1-2-13-6-7-16(19)14(11-13)12-17-9-4-3-5-15(17)8-10-18/h13-15,18H,2-12H2,1H3. The fourth-order valence-electron chi connectivity index (χ4n) is 3.81. The van der Waals surface area contributed by atoms with Crippen LogP contribution in [-0.2, 0) is 4.79 Å². The van der Waals surface area contributed by atoms with Crippen molar-refractivity contribution in [1.29, 1.82) is 0 Å². The molecule has 0 radical (unpaired) electrons. The first-order valence-electron chi connectivity index (χ1n) is 8.12. The number of hydrogen-bond acceptors (Lipinski definition) is 3. The molecule has 1 aliphatic carbocycles. The summed E-state index contributed by atoms with van der Waals surface area (Å²) in [5.74, 6) is 1.50. The predicted molar refractivity (Wildman–Crippen MR) is 77.0 cm³/mol. The summed E-state index contributed by atoms with van der Waals surface area (Å²) in [6.45, 7) is 4.58. The van der Waals surface area contributed by atoms with Gasteiger partial charge in [-0.15, -0.1) is 0 Å². The number of ketones is 1. The summed E-state index contributed by atoms with van der Waals surface area (Å²) in [6, 6.07) is 0.508. The van der Waals surface area contributed by atoms with Crippen LogP contribution < -0.4 is 0 Å². The summed E-state index contributed by atoms with van der Waals surface area (Å²) in [6.07, 6.45) is 8.79. The van der Waals surface area contributed by atoms with E-state index in [0.717, 1.165) is 44.7 Å². The summed E-state index contributed by atoms with van der Waals surface area (Å²) in [4.78, 5) is 14.6. The Hall–Kier alpha value is -0.410. The number of piperidine rings is 1. The zero-order valence-electron chi connectivity index (χ0n) is 12.3. The fraction of sp³-hybridized carbons (Fsp3) is 0.938. The van der Waals surface area contributed by atoms with Gasteiger partial charge in [0.15, 0.2) is 0 Å². The van der Waals surface area contributed by atoms with Crippen LogP contribution in [0.3, 0.4) is 0 Å². The van der Waals surface area contributed by atoms with E-state index in [9.17, 15) is 9.90 Å². The van der Waals surface area contributed by atoms with Crippen LogP contribution in [0.4, 0.5) is 0 Å². The molecule has 0 spiro atoms. The molecular formula is C16H29NO2. The lowest BCUT2D eigenvalue weighted by atomic mass is 9.78. The molecule has 1 N–H and O–H groups in total. The molecule has 0 amide bonds. The highest BCUT2D eigenvalue weighted by atomic mass is 16.3. The van der Waals surface area contributed by atoms with E-state index < -0.39 is 0 Å². The van der Waals surface area contributed by atoms with Crippen LogP contribution in [0.2, 0.25) is 0 Å². The van der Waals surface area contributed by atoms with Gasteiger partial charge in [-0.2, -0.15) is 0 Å². The van der Waals surface area contributed by atoms with E-state index in [1.54, 1.807) is 0 Å². The highest BCUT2D eigenvalue weighted by molar-refractivity contribution is 5.81. The second kappa shape index (κ2) is 7.39. The Bertz CT molecular complexity index is 290. The summed E-state index contributed by atoms with van der Waals surface area (Å²) >= 11 is 0. The van der Waals surface area contributed by atoms with Crippen LogP contribution in [0, 0.1) is 11.8 Å². The van der Waals surface area contributed by atoms with E-state index in [0.29, 0.717) is 11.8 Å². The van der Waals surface area contributed by atoms with Gasteiger partial charge < -0.3 is 5.11 Å². The van der Waals surface area contributed by atoms with Crippen molar-refractivity contribution in [2.45, 2.75) is 64.3 Å². The van der Waals surface area contributed by atoms with Gasteiger partial charge in [0.1, 0.15) is 5.78 Å². The Labute approximate surface area is 117 Å². The second-order valence-electron chi connectivity index (χ2n) is 6.37. The largest absolute Gasteiger partial charge is 0.396 e. The van der Waals surface area contributed by atoms with Crippen LogP contribution in [-0.4, -0.2) is 41.5 Å². The molecule has 3 heteroatoms. The van der Waals surface area contributed by atoms with Gasteiger partial charge in [-0.3, -0.25) is 9.69 Å². The average Bonchev–Trinajstić information content (AvgIpc) is 2.43. The van der Waals surface area contributed by atoms with Crippen LogP contribution in [0.5, 0.6) is 0 Å². The highest BCUT2D eigenvalue weighted by Gasteiger charge is 2.31. The Morgan fingerprint density at radius 2 is 2.16 bits per heavy atom. The second-order valence-corrected chi connectivity index (χ2v) is 6.37. The van der Waals surface area contributed by atoms with Crippen LogP contribution in [0.25, 0.3) is 0 Å². The minimum Gasteiger partial charge on any atom is -0.396 e. The molecule has 19 heavy (non-hydrogen) atoms. The van der Waals surface area contributed by atoms with Crippen molar-refractivity contribution in [2.24, 2.45) is 11.8 Å². The first-order valence-corrected chi connectivity index (χ1v) is 8.12. The third-order valence-corrected chi connectivity index (χ3v) is 5.12. The van der Waals surface area contributed by atoms with Crippen LogP contribution in [0.1, 0.15) is 58.3 Å². The molecule has 1 saturated carbocycles. The smallest absolute Gasteiger partial charge is 0.137 e. The molecule has 1 heterocycles. The van der Waals surface area contributed by atoms with E-state index in [1.807, 2.05) is 0 Å². The number of rotatable bonds is 5. The summed E-state index contributed by atoms with van der Waals surface area (Å²) in [5, 5.41) is 9.18. The van der Waals surface area contributed by atoms with Crippen molar-refractivity contribution in [3.05, 3.63) is 0 Å². The highest BCUT2D eigenvalue weighted by Crippen LogP contribution is 2.31. The van der Waals surface area contributed by atoms with Crippen molar-refractivity contribution in [1.82, 2.24) is 4.90 Å². The number of carbonyl (C=O) groups excluding carboxylic acids is 1. The lowest BCUT2D eigenvalue weighted by molar-refractivity contribution is -0.126. The lowest BCUT2D eigenvalue weighted by Crippen LogP contribution is -2.45. The Morgan fingerprint density at radius 3 is 2.89 bits per heavy atom. The molecule has 2 aliphatic rings. The topological polar surface area (TPSA) is 40.5 Å². The first-order chi connectivity index (χ1) is 9.24. The number of aliphatic hydroxyl groups is 1. The van der Waals surface area contributed by atoms with Crippen molar-refractivity contribution in [3.63, 3.8) is 0 Å². The first kappa shape index (κ1) is 15.0. The van der Waals surface area contributed by atoms with Crippen molar-refractivity contribution in [3.8, 4) is 0 Å². The maximum absolute atomic E-state index is 12.1. The van der Waals surface area contributed by atoms with Gasteiger partial charge in [0, 0.05) is 31.5 Å². The van der Waals surface area contributed by atoms with Crippen LogP contribution >= 0.6 is 0 Å². The van der Waals surface area contributed by atoms with Gasteiger partial charge in [-0.05, 0) is 44.6 Å². The number of carbonyl (C=O) groups is 1. The van der Waals surface area contributed by atoms with E-state index in [-0.39, 0.29) is 12.5 Å². The summed E-state index contributed by atoms with van der Waals surface area (Å²) < 4.78 is 0. The number of likely N-dealkylation sites (tertiary alicyclic amines) is 1. The molecule has 1 aliphatic heterocycles. The average molecular weight is 267 g/mol. The predicted octanol–water partition coefficient (Wildman–Crippen LogP) is 2.62. The van der Waals surface area contributed by atoms with E-state index >= 15 is 0 Å². The Morgan fingerprint density at radius 1 is 1.32 bits per heavy atom. The molecule has 0 bridgehead atoms. The minimum atomic E-state index is 0.262. The fourth-order valence-corrected chi connectivity index (χ4v) is 3.81. The number of aliphatic hydroxyl groups excluding tert-OH is 1. The molecule has 3 nitrogen and oxygen atoms in total. The van der Waals surface area contributed by atoms with Gasteiger partial charge in [0.25, 0.3) is 0 Å². The molecule has 110 valence electrons. The summed E-state index contributed by atoms with van der Waals surface area (Å²) in [7, 11) is 0.